The highest BCUT2D eigenvalue weighted by Gasteiger charge is 2.20. The quantitative estimate of drug-likeness (QED) is 0.696. The van der Waals surface area contributed by atoms with Crippen molar-refractivity contribution in [1.29, 1.82) is 0 Å². The zero-order valence-corrected chi connectivity index (χ0v) is 10.00. The molecule has 1 aliphatic rings. The molecule has 1 aliphatic heterocycles. The van der Waals surface area contributed by atoms with E-state index in [-0.39, 0.29) is 12.0 Å². The van der Waals surface area contributed by atoms with Gasteiger partial charge in [-0.3, -0.25) is 0 Å². The Hall–Kier alpha value is -0.320. The molecule has 0 radical (unpaired) electrons. The molecule has 4 nitrogen and oxygen atoms in total. The summed E-state index contributed by atoms with van der Waals surface area (Å²) in [5.41, 5.74) is -0.733. The summed E-state index contributed by atoms with van der Waals surface area (Å²) in [4.78, 5) is 12.6. The van der Waals surface area contributed by atoms with Crippen LogP contribution >= 0.6 is 11.6 Å². The maximum absolute atomic E-state index is 10.4. The predicted molar refractivity (Wildman–Crippen MR) is 58.2 cm³/mol. The molecule has 0 bridgehead atoms. The summed E-state index contributed by atoms with van der Waals surface area (Å²) in [6, 6.07) is 0. The van der Waals surface area contributed by atoms with Crippen LogP contribution in [0.2, 0.25) is 0 Å². The molecule has 1 saturated heterocycles. The van der Waals surface area contributed by atoms with Crippen LogP contribution in [0.25, 0.3) is 0 Å². The number of halogens is 1. The summed E-state index contributed by atoms with van der Waals surface area (Å²) < 4.78 is 10.3. The van der Waals surface area contributed by atoms with Gasteiger partial charge in [0, 0.05) is 24.7 Å². The molecule has 0 saturated carbocycles. The van der Waals surface area contributed by atoms with Crippen LogP contribution in [0.15, 0.2) is 0 Å². The van der Waals surface area contributed by atoms with Crippen molar-refractivity contribution in [3.8, 4) is 0 Å². The number of carbonyl (C=O) groups excluding carboxylic acids is 1. The molecule has 0 aromatic rings. The Labute approximate surface area is 95.5 Å². The molecule has 1 rings (SSSR count). The molecule has 0 aromatic carbocycles. The van der Waals surface area contributed by atoms with Crippen LogP contribution in [0.3, 0.4) is 0 Å². The molecule has 5 heteroatoms. The van der Waals surface area contributed by atoms with Crippen molar-refractivity contribution in [1.82, 2.24) is 4.90 Å². The van der Waals surface area contributed by atoms with E-state index in [1.165, 1.54) is 0 Å². The molecule has 0 aliphatic carbocycles. The molecule has 15 heavy (non-hydrogen) atoms. The van der Waals surface area contributed by atoms with Crippen molar-refractivity contribution >= 4 is 17.0 Å². The van der Waals surface area contributed by atoms with Gasteiger partial charge in [0.25, 0.3) is 0 Å². The van der Waals surface area contributed by atoms with E-state index in [2.05, 4.69) is 11.9 Å². The summed E-state index contributed by atoms with van der Waals surface area (Å²) in [6.07, 6.45) is 1.14. The molecule has 0 amide bonds. The van der Waals surface area contributed by atoms with Gasteiger partial charge in [-0.15, -0.1) is 0 Å². The standard InChI is InChI=1S/C10H18ClNO3/c1-8(7-15-10(11)13)5-9-6-12(2)3-4-14-9/h8-9H,3-7H2,1-2H3. The fourth-order valence-corrected chi connectivity index (χ4v) is 1.80. The normalized spacial score (nSPS) is 24.9. The lowest BCUT2D eigenvalue weighted by Crippen LogP contribution is -2.40. The summed E-state index contributed by atoms with van der Waals surface area (Å²) >= 11 is 5.09. The van der Waals surface area contributed by atoms with E-state index in [4.69, 9.17) is 21.1 Å². The second-order valence-corrected chi connectivity index (χ2v) is 4.45. The van der Waals surface area contributed by atoms with Gasteiger partial charge in [0.15, 0.2) is 0 Å². The molecule has 0 spiro atoms. The van der Waals surface area contributed by atoms with Crippen LogP contribution < -0.4 is 0 Å². The Morgan fingerprint density at radius 3 is 3.07 bits per heavy atom. The van der Waals surface area contributed by atoms with Crippen LogP contribution in [-0.4, -0.2) is 49.8 Å². The minimum absolute atomic E-state index is 0.243. The Balaban J connectivity index is 2.18. The van der Waals surface area contributed by atoms with E-state index < -0.39 is 5.43 Å². The minimum Gasteiger partial charge on any atom is -0.453 e. The first-order valence-electron chi connectivity index (χ1n) is 5.20. The topological polar surface area (TPSA) is 38.8 Å². The van der Waals surface area contributed by atoms with Crippen LogP contribution in [0.5, 0.6) is 0 Å². The lowest BCUT2D eigenvalue weighted by atomic mass is 10.0. The molecule has 1 heterocycles. The fraction of sp³-hybridized carbons (Fsp3) is 0.900. The highest BCUT2D eigenvalue weighted by Crippen LogP contribution is 2.14. The third-order valence-corrected chi connectivity index (χ3v) is 2.60. The van der Waals surface area contributed by atoms with Crippen LogP contribution in [0.1, 0.15) is 13.3 Å². The smallest absolute Gasteiger partial charge is 0.403 e. The van der Waals surface area contributed by atoms with Crippen molar-refractivity contribution in [2.24, 2.45) is 5.92 Å². The van der Waals surface area contributed by atoms with Gasteiger partial charge in [-0.05, 0) is 19.4 Å². The van der Waals surface area contributed by atoms with Crippen molar-refractivity contribution in [2.75, 3.05) is 33.4 Å². The van der Waals surface area contributed by atoms with Crippen LogP contribution in [0, 0.1) is 5.92 Å². The number of carbonyl (C=O) groups is 1. The maximum Gasteiger partial charge on any atom is 0.403 e. The van der Waals surface area contributed by atoms with Gasteiger partial charge in [-0.25, -0.2) is 4.79 Å². The molecule has 2 atom stereocenters. The molecule has 0 aromatic heterocycles. The lowest BCUT2D eigenvalue weighted by Gasteiger charge is -2.31. The average Bonchev–Trinajstić information content (AvgIpc) is 2.15. The number of ether oxygens (including phenoxy) is 2. The predicted octanol–water partition coefficient (Wildman–Crippen LogP) is 1.72. The maximum atomic E-state index is 10.4. The second-order valence-electron chi connectivity index (χ2n) is 4.14. The monoisotopic (exact) mass is 235 g/mol. The third kappa shape index (κ3) is 5.35. The van der Waals surface area contributed by atoms with Crippen LogP contribution in [0.4, 0.5) is 4.79 Å². The van der Waals surface area contributed by atoms with E-state index >= 15 is 0 Å². The molecule has 88 valence electrons. The number of nitrogens with zero attached hydrogens (tertiary/aromatic N) is 1. The summed E-state index contributed by atoms with van der Waals surface area (Å²) in [5, 5.41) is 0. The number of morpholine rings is 1. The van der Waals surface area contributed by atoms with Crippen molar-refractivity contribution in [3.63, 3.8) is 0 Å². The van der Waals surface area contributed by atoms with Crippen molar-refractivity contribution in [3.05, 3.63) is 0 Å². The summed E-state index contributed by atoms with van der Waals surface area (Å²) in [5.74, 6) is 0.282. The van der Waals surface area contributed by atoms with Gasteiger partial charge in [-0.2, -0.15) is 0 Å². The van der Waals surface area contributed by atoms with E-state index in [0.717, 1.165) is 26.1 Å². The van der Waals surface area contributed by atoms with Crippen LogP contribution in [-0.2, 0) is 9.47 Å². The number of likely N-dealkylation sites (N-methyl/N-ethyl adjacent to an activating group) is 1. The number of hydrogen-bond acceptors (Lipinski definition) is 4. The first-order chi connectivity index (χ1) is 7.08. The molecule has 1 fully saturated rings. The zero-order chi connectivity index (χ0) is 11.3. The summed E-state index contributed by atoms with van der Waals surface area (Å²) in [6.45, 7) is 5.10. The van der Waals surface area contributed by atoms with E-state index in [0.29, 0.717) is 6.61 Å². The Kier molecular flexibility index (Phi) is 5.36. The minimum atomic E-state index is -0.733. The average molecular weight is 236 g/mol. The van der Waals surface area contributed by atoms with Crippen molar-refractivity contribution in [2.45, 2.75) is 19.4 Å². The summed E-state index contributed by atoms with van der Waals surface area (Å²) in [7, 11) is 2.08. The lowest BCUT2D eigenvalue weighted by molar-refractivity contribution is -0.0332. The zero-order valence-electron chi connectivity index (χ0n) is 9.24. The molecule has 0 N–H and O–H groups in total. The van der Waals surface area contributed by atoms with E-state index in [9.17, 15) is 4.79 Å². The largest absolute Gasteiger partial charge is 0.453 e. The Bertz CT molecular complexity index is 213. The van der Waals surface area contributed by atoms with Gasteiger partial charge in [0.2, 0.25) is 0 Å². The van der Waals surface area contributed by atoms with Crippen molar-refractivity contribution < 1.29 is 14.3 Å². The SMILES string of the molecule is CC(COC(=O)Cl)CC1CN(C)CCO1. The van der Waals surface area contributed by atoms with Gasteiger partial charge < -0.3 is 14.4 Å². The van der Waals surface area contributed by atoms with Gasteiger partial charge in [0.05, 0.1) is 19.3 Å². The highest BCUT2D eigenvalue weighted by molar-refractivity contribution is 6.61. The Morgan fingerprint density at radius 2 is 2.47 bits per heavy atom. The first kappa shape index (κ1) is 12.7. The van der Waals surface area contributed by atoms with Gasteiger partial charge in [-0.1, -0.05) is 6.92 Å². The first-order valence-corrected chi connectivity index (χ1v) is 5.58. The Morgan fingerprint density at radius 1 is 1.73 bits per heavy atom. The highest BCUT2D eigenvalue weighted by atomic mass is 35.5. The number of rotatable bonds is 4. The second kappa shape index (κ2) is 6.30. The van der Waals surface area contributed by atoms with E-state index in [1.807, 2.05) is 6.92 Å². The van der Waals surface area contributed by atoms with Gasteiger partial charge in [0.1, 0.15) is 0 Å². The molecular formula is C10H18ClNO3. The third-order valence-electron chi connectivity index (χ3n) is 2.49. The molecule has 2 unspecified atom stereocenters. The van der Waals surface area contributed by atoms with Gasteiger partial charge >= 0.3 is 5.43 Å². The van der Waals surface area contributed by atoms with E-state index in [1.54, 1.807) is 0 Å². The number of hydrogen-bond donors (Lipinski definition) is 0. The fourth-order valence-electron chi connectivity index (χ4n) is 1.73. The molecular weight excluding hydrogens is 218 g/mol.